The maximum atomic E-state index is 5.16. The maximum Gasteiger partial charge on any atom is 0.165 e. The summed E-state index contributed by atoms with van der Waals surface area (Å²) in [6, 6.07) is 36.7. The Morgan fingerprint density at radius 1 is 0.556 bits per heavy atom. The normalized spacial score (nSPS) is 12.4. The fourth-order valence-electron chi connectivity index (χ4n) is 5.96. The van der Waals surface area contributed by atoms with Crippen molar-refractivity contribution in [3.05, 3.63) is 103 Å². The van der Waals surface area contributed by atoms with Gasteiger partial charge in [-0.05, 0) is 41.5 Å². The molecule has 0 N–H and O–H groups in total. The van der Waals surface area contributed by atoms with E-state index in [2.05, 4.69) is 95.4 Å². The average molecular weight is 476 g/mol. The van der Waals surface area contributed by atoms with Crippen LogP contribution in [0.25, 0.3) is 80.7 Å². The highest BCUT2D eigenvalue weighted by molar-refractivity contribution is 7.26. The maximum absolute atomic E-state index is 5.16. The van der Waals surface area contributed by atoms with Crippen molar-refractivity contribution in [3.63, 3.8) is 0 Å². The zero-order chi connectivity index (χ0) is 23.4. The first-order valence-corrected chi connectivity index (χ1v) is 12.9. The van der Waals surface area contributed by atoms with Crippen molar-refractivity contribution in [1.29, 1.82) is 0 Å². The highest BCUT2D eigenvalue weighted by atomic mass is 32.1. The number of rotatable bonds is 1. The summed E-state index contributed by atoms with van der Waals surface area (Å²) in [4.78, 5) is 10.3. The number of nitrogens with zero attached hydrogens (tertiary/aromatic N) is 3. The van der Waals surface area contributed by atoms with Gasteiger partial charge in [0.25, 0.3) is 0 Å². The average Bonchev–Trinajstić information content (AvgIpc) is 3.57. The highest BCUT2D eigenvalue weighted by Crippen LogP contribution is 2.47. The summed E-state index contributed by atoms with van der Waals surface area (Å²) in [6.07, 6.45) is 0. The van der Waals surface area contributed by atoms with Gasteiger partial charge in [-0.3, -0.25) is 4.40 Å². The smallest absolute Gasteiger partial charge is 0.165 e. The summed E-state index contributed by atoms with van der Waals surface area (Å²) in [5, 5.41) is 6.40. The van der Waals surface area contributed by atoms with Gasteiger partial charge in [0.15, 0.2) is 5.65 Å². The predicted molar refractivity (Wildman–Crippen MR) is 153 cm³/mol. The van der Waals surface area contributed by atoms with Crippen LogP contribution in [0.3, 0.4) is 0 Å². The summed E-state index contributed by atoms with van der Waals surface area (Å²) in [7, 11) is 0. The van der Waals surface area contributed by atoms with E-state index in [4.69, 9.17) is 9.97 Å². The zero-order valence-electron chi connectivity index (χ0n) is 19.1. The molecule has 0 bridgehead atoms. The van der Waals surface area contributed by atoms with Gasteiger partial charge in [-0.1, -0.05) is 72.8 Å². The van der Waals surface area contributed by atoms with Crippen LogP contribution in [0.4, 0.5) is 0 Å². The second-order valence-corrected chi connectivity index (χ2v) is 10.5. The van der Waals surface area contributed by atoms with Crippen LogP contribution < -0.4 is 0 Å². The summed E-state index contributed by atoms with van der Waals surface area (Å²) in [5.41, 5.74) is 8.57. The number of aromatic nitrogens is 3. The van der Waals surface area contributed by atoms with E-state index < -0.39 is 0 Å². The molecule has 0 saturated carbocycles. The molecule has 4 heterocycles. The fourth-order valence-corrected chi connectivity index (χ4v) is 7.11. The molecule has 9 rings (SSSR count). The summed E-state index contributed by atoms with van der Waals surface area (Å²) >= 11 is 1.86. The highest BCUT2D eigenvalue weighted by Gasteiger charge is 2.24. The summed E-state index contributed by atoms with van der Waals surface area (Å²) in [5.74, 6) is 0. The van der Waals surface area contributed by atoms with Gasteiger partial charge in [-0.25, -0.2) is 9.97 Å². The quantitative estimate of drug-likeness (QED) is 0.237. The fraction of sp³-hybridized carbons (Fsp3) is 0. The van der Waals surface area contributed by atoms with Crippen LogP contribution in [-0.4, -0.2) is 14.4 Å². The molecule has 0 aliphatic carbocycles. The van der Waals surface area contributed by atoms with Crippen molar-refractivity contribution in [3.8, 4) is 11.1 Å². The molecule has 0 aliphatic heterocycles. The van der Waals surface area contributed by atoms with E-state index in [1.165, 1.54) is 58.5 Å². The Kier molecular flexibility index (Phi) is 3.42. The van der Waals surface area contributed by atoms with Gasteiger partial charge in [0.05, 0.1) is 22.1 Å². The molecule has 36 heavy (non-hydrogen) atoms. The second-order valence-electron chi connectivity index (χ2n) is 9.44. The molecule has 0 atom stereocenters. The predicted octanol–water partition coefficient (Wildman–Crippen LogP) is 8.81. The topological polar surface area (TPSA) is 30.2 Å². The standard InChI is InChI=1S/C32H17N3S/c1-2-8-18(9-3-1)19-14-15-20-25(16-19)35-31-22(30-32(35)34-24-12-6-5-11-23(24)33-30)17-27-28(29(20)31)21-10-4-7-13-26(21)36-27/h1-17H. The molecule has 9 aromatic rings. The molecule has 3 nitrogen and oxygen atoms in total. The van der Waals surface area contributed by atoms with Crippen molar-refractivity contribution < 1.29 is 0 Å². The van der Waals surface area contributed by atoms with Crippen LogP contribution in [0.1, 0.15) is 0 Å². The first kappa shape index (κ1) is 18.7. The van der Waals surface area contributed by atoms with E-state index in [-0.39, 0.29) is 0 Å². The minimum Gasteiger partial charge on any atom is -0.291 e. The second kappa shape index (κ2) is 6.56. The van der Waals surface area contributed by atoms with Crippen molar-refractivity contribution in [2.75, 3.05) is 0 Å². The Labute approximate surface area is 209 Å². The Hall–Kier alpha value is -4.54. The SMILES string of the molecule is c1ccc(-c2ccc3c4c5c(cc6c7nc8ccccc8nc7n(c3c2)c64)sc2ccccc25)cc1. The number of fused-ring (bicyclic) bond motifs is 11. The Bertz CT molecular complexity index is 2310. The minimum absolute atomic E-state index is 0.922. The van der Waals surface area contributed by atoms with Gasteiger partial charge >= 0.3 is 0 Å². The van der Waals surface area contributed by atoms with Gasteiger partial charge in [-0.15, -0.1) is 11.3 Å². The van der Waals surface area contributed by atoms with Crippen LogP contribution in [0.5, 0.6) is 0 Å². The number of para-hydroxylation sites is 2. The molecular weight excluding hydrogens is 458 g/mol. The molecule has 0 aliphatic rings. The molecule has 0 unspecified atom stereocenters. The lowest BCUT2D eigenvalue weighted by Gasteiger charge is -2.04. The lowest BCUT2D eigenvalue weighted by molar-refractivity contribution is 1.28. The number of hydrogen-bond acceptors (Lipinski definition) is 3. The van der Waals surface area contributed by atoms with Gasteiger partial charge in [0.2, 0.25) is 0 Å². The van der Waals surface area contributed by atoms with E-state index in [9.17, 15) is 0 Å². The number of hydrogen-bond donors (Lipinski definition) is 0. The molecule has 166 valence electrons. The van der Waals surface area contributed by atoms with Crippen LogP contribution in [0.15, 0.2) is 103 Å². The molecule has 0 amide bonds. The van der Waals surface area contributed by atoms with Gasteiger partial charge in [0, 0.05) is 36.3 Å². The number of thiophene rings is 1. The van der Waals surface area contributed by atoms with E-state index in [1.807, 2.05) is 23.5 Å². The zero-order valence-corrected chi connectivity index (χ0v) is 19.9. The first-order valence-electron chi connectivity index (χ1n) is 12.1. The van der Waals surface area contributed by atoms with Crippen molar-refractivity contribution in [2.24, 2.45) is 0 Å². The third kappa shape index (κ3) is 2.27. The van der Waals surface area contributed by atoms with Crippen LogP contribution in [0, 0.1) is 0 Å². The largest absolute Gasteiger partial charge is 0.291 e. The van der Waals surface area contributed by atoms with Crippen molar-refractivity contribution in [2.45, 2.75) is 0 Å². The molecule has 4 aromatic heterocycles. The lowest BCUT2D eigenvalue weighted by Crippen LogP contribution is -1.89. The third-order valence-electron chi connectivity index (χ3n) is 7.50. The first-order chi connectivity index (χ1) is 17.8. The molecule has 0 radical (unpaired) electrons. The van der Waals surface area contributed by atoms with E-state index >= 15 is 0 Å². The summed E-state index contributed by atoms with van der Waals surface area (Å²) < 4.78 is 4.97. The van der Waals surface area contributed by atoms with E-state index in [1.54, 1.807) is 0 Å². The van der Waals surface area contributed by atoms with E-state index in [0.29, 0.717) is 0 Å². The minimum atomic E-state index is 0.922. The molecular formula is C32H17N3S. The monoisotopic (exact) mass is 475 g/mol. The molecule has 0 saturated heterocycles. The molecule has 0 fully saturated rings. The van der Waals surface area contributed by atoms with Gasteiger partial charge in [0.1, 0.15) is 5.52 Å². The van der Waals surface area contributed by atoms with Gasteiger partial charge in [-0.2, -0.15) is 0 Å². The molecule has 5 aromatic carbocycles. The van der Waals surface area contributed by atoms with Crippen molar-refractivity contribution in [1.82, 2.24) is 14.4 Å². The molecule has 4 heteroatoms. The summed E-state index contributed by atoms with van der Waals surface area (Å²) in [6.45, 7) is 0. The van der Waals surface area contributed by atoms with Crippen LogP contribution in [-0.2, 0) is 0 Å². The van der Waals surface area contributed by atoms with Crippen molar-refractivity contribution >= 4 is 80.9 Å². The lowest BCUT2D eigenvalue weighted by atomic mass is 10.0. The third-order valence-corrected chi connectivity index (χ3v) is 8.62. The number of benzene rings is 5. The van der Waals surface area contributed by atoms with E-state index in [0.717, 1.165) is 22.2 Å². The molecule has 0 spiro atoms. The van der Waals surface area contributed by atoms with Crippen LogP contribution in [0.2, 0.25) is 0 Å². The Morgan fingerprint density at radius 3 is 2.22 bits per heavy atom. The Balaban J connectivity index is 1.58. The Morgan fingerprint density at radius 2 is 1.33 bits per heavy atom. The van der Waals surface area contributed by atoms with Crippen LogP contribution >= 0.6 is 11.3 Å². The van der Waals surface area contributed by atoms with Gasteiger partial charge < -0.3 is 0 Å².